The molecule has 0 saturated carbocycles. The van der Waals surface area contributed by atoms with Gasteiger partial charge in [0.15, 0.2) is 5.41 Å². The van der Waals surface area contributed by atoms with Gasteiger partial charge < -0.3 is 5.11 Å². The summed E-state index contributed by atoms with van der Waals surface area (Å²) in [6, 6.07) is 15.6. The molecule has 37 heavy (non-hydrogen) atoms. The van der Waals surface area contributed by atoms with Crippen molar-refractivity contribution in [3.8, 4) is 0 Å². The molecule has 0 spiro atoms. The van der Waals surface area contributed by atoms with Gasteiger partial charge in [-0.1, -0.05) is 126 Å². The highest BCUT2D eigenvalue weighted by Gasteiger charge is 2.67. The van der Waals surface area contributed by atoms with Crippen molar-refractivity contribution >= 4 is 16.7 Å². The van der Waals surface area contributed by atoms with Gasteiger partial charge in [-0.15, -0.1) is 0 Å². The van der Waals surface area contributed by atoms with Gasteiger partial charge in [-0.05, 0) is 56.8 Å². The molecule has 0 bridgehead atoms. The fourth-order valence-electron chi connectivity index (χ4n) is 5.06. The van der Waals surface area contributed by atoms with Crippen LogP contribution in [0.2, 0.25) is 0 Å². The molecule has 2 nitrogen and oxygen atoms in total. The second-order valence-corrected chi connectivity index (χ2v) is 15.0. The Bertz CT molecular complexity index is 1030. The molecule has 0 fully saturated rings. The van der Waals surface area contributed by atoms with Crippen LogP contribution in [0.25, 0.3) is 10.8 Å². The smallest absolute Gasteiger partial charge is 0.405 e. The van der Waals surface area contributed by atoms with Crippen molar-refractivity contribution in [2.45, 2.75) is 108 Å². The number of hydrogen-bond donors (Lipinski definition) is 1. The van der Waals surface area contributed by atoms with Crippen LogP contribution in [0.3, 0.4) is 0 Å². The van der Waals surface area contributed by atoms with E-state index in [0.29, 0.717) is 11.3 Å². The SMILES string of the molecule is CC(C)(C)CC(C(=O)O)(C(C)(C)C)C(F)(F)F.CC(C)(C)CC(c1ccc2ccccc2c1)C(C)(C)C. The van der Waals surface area contributed by atoms with Crippen LogP contribution in [-0.2, 0) is 4.79 Å². The highest BCUT2D eigenvalue weighted by atomic mass is 19.4. The van der Waals surface area contributed by atoms with Crippen LogP contribution in [-0.4, -0.2) is 17.3 Å². The normalized spacial score (nSPS) is 16.0. The molecule has 0 amide bonds. The first-order chi connectivity index (χ1) is 16.3. The summed E-state index contributed by atoms with van der Waals surface area (Å²) in [5.41, 5.74) is -2.73. The number of carboxylic acid groups (broad SMARTS) is 1. The van der Waals surface area contributed by atoms with Crippen LogP contribution in [0, 0.1) is 27.1 Å². The third-order valence-electron chi connectivity index (χ3n) is 6.96. The molecular formula is C32H49F3O2. The highest BCUT2D eigenvalue weighted by molar-refractivity contribution is 5.83. The third-order valence-corrected chi connectivity index (χ3v) is 6.96. The first-order valence-corrected chi connectivity index (χ1v) is 13.1. The quantitative estimate of drug-likeness (QED) is 0.433. The maximum atomic E-state index is 13.3. The van der Waals surface area contributed by atoms with E-state index < -0.39 is 34.8 Å². The molecule has 0 radical (unpaired) electrons. The maximum Gasteiger partial charge on any atom is 0.405 e. The van der Waals surface area contributed by atoms with E-state index in [4.69, 9.17) is 5.11 Å². The highest BCUT2D eigenvalue weighted by Crippen LogP contribution is 2.56. The summed E-state index contributed by atoms with van der Waals surface area (Å²) in [5.74, 6) is -1.21. The lowest BCUT2D eigenvalue weighted by atomic mass is 9.59. The van der Waals surface area contributed by atoms with Gasteiger partial charge >= 0.3 is 12.1 Å². The molecule has 0 aromatic heterocycles. The zero-order chi connectivity index (χ0) is 29.3. The number of rotatable bonds is 4. The lowest BCUT2D eigenvalue weighted by Gasteiger charge is -2.45. The average molecular weight is 523 g/mol. The van der Waals surface area contributed by atoms with Gasteiger partial charge in [0.05, 0.1) is 0 Å². The molecule has 0 saturated heterocycles. The van der Waals surface area contributed by atoms with E-state index in [0.717, 1.165) is 0 Å². The summed E-state index contributed by atoms with van der Waals surface area (Å²) in [6.07, 6.45) is -4.00. The van der Waals surface area contributed by atoms with Crippen molar-refractivity contribution in [2.75, 3.05) is 0 Å². The second-order valence-electron chi connectivity index (χ2n) is 15.0. The zero-order valence-electron chi connectivity index (χ0n) is 25.0. The van der Waals surface area contributed by atoms with E-state index in [9.17, 15) is 18.0 Å². The number of fused-ring (bicyclic) bond motifs is 1. The zero-order valence-corrected chi connectivity index (χ0v) is 25.0. The number of hydrogen-bond acceptors (Lipinski definition) is 1. The molecule has 0 aliphatic carbocycles. The van der Waals surface area contributed by atoms with E-state index in [2.05, 4.69) is 84.0 Å². The van der Waals surface area contributed by atoms with Crippen molar-refractivity contribution in [1.29, 1.82) is 0 Å². The van der Waals surface area contributed by atoms with Gasteiger partial charge in [0, 0.05) is 0 Å². The Morgan fingerprint density at radius 3 is 1.57 bits per heavy atom. The summed E-state index contributed by atoms with van der Waals surface area (Å²) in [7, 11) is 0. The summed E-state index contributed by atoms with van der Waals surface area (Å²) in [5, 5.41) is 11.8. The summed E-state index contributed by atoms with van der Waals surface area (Å²) in [4.78, 5) is 11.3. The average Bonchev–Trinajstić information content (AvgIpc) is 2.66. The monoisotopic (exact) mass is 522 g/mol. The molecule has 5 heteroatoms. The minimum atomic E-state index is -4.77. The molecular weight excluding hydrogens is 473 g/mol. The van der Waals surface area contributed by atoms with E-state index >= 15 is 0 Å². The first kappa shape index (κ1) is 33.0. The molecule has 2 atom stereocenters. The number of carbonyl (C=O) groups is 1. The third kappa shape index (κ3) is 8.75. The number of aliphatic carboxylic acids is 1. The van der Waals surface area contributed by atoms with Gasteiger partial charge in [-0.25, -0.2) is 0 Å². The molecule has 210 valence electrons. The van der Waals surface area contributed by atoms with Crippen LogP contribution in [0.1, 0.15) is 107 Å². The molecule has 0 aliphatic rings. The summed E-state index contributed by atoms with van der Waals surface area (Å²) < 4.78 is 39.8. The lowest BCUT2D eigenvalue weighted by Crippen LogP contribution is -2.55. The number of halogens is 3. The molecule has 2 rings (SSSR count). The van der Waals surface area contributed by atoms with Gasteiger partial charge in [-0.2, -0.15) is 13.2 Å². The maximum absolute atomic E-state index is 13.3. The predicted octanol–water partition coefficient (Wildman–Crippen LogP) is 10.5. The van der Waals surface area contributed by atoms with Crippen LogP contribution in [0.4, 0.5) is 13.2 Å². The predicted molar refractivity (Wildman–Crippen MR) is 150 cm³/mol. The first-order valence-electron chi connectivity index (χ1n) is 13.1. The topological polar surface area (TPSA) is 37.3 Å². The van der Waals surface area contributed by atoms with Gasteiger partial charge in [0.1, 0.15) is 0 Å². The Labute approximate surface area is 223 Å². The van der Waals surface area contributed by atoms with E-state index in [-0.39, 0.29) is 5.41 Å². The Kier molecular flexibility index (Phi) is 9.79. The van der Waals surface area contributed by atoms with Gasteiger partial charge in [-0.3, -0.25) is 4.79 Å². The summed E-state index contributed by atoms with van der Waals surface area (Å²) in [6.45, 7) is 22.9. The lowest BCUT2D eigenvalue weighted by molar-refractivity contribution is -0.266. The van der Waals surface area contributed by atoms with Gasteiger partial charge in [0.2, 0.25) is 0 Å². The Morgan fingerprint density at radius 2 is 1.24 bits per heavy atom. The van der Waals surface area contributed by atoms with Crippen molar-refractivity contribution < 1.29 is 23.1 Å². The van der Waals surface area contributed by atoms with Crippen LogP contribution < -0.4 is 0 Å². The van der Waals surface area contributed by atoms with Crippen molar-refractivity contribution in [2.24, 2.45) is 27.1 Å². The molecule has 2 aromatic carbocycles. The Balaban J connectivity index is 0.000000377. The second kappa shape index (κ2) is 11.0. The Hall–Kier alpha value is -2.04. The van der Waals surface area contributed by atoms with Crippen LogP contribution >= 0.6 is 0 Å². The van der Waals surface area contributed by atoms with Crippen molar-refractivity contribution in [1.82, 2.24) is 0 Å². The van der Waals surface area contributed by atoms with E-state index in [1.54, 1.807) is 20.8 Å². The molecule has 1 N–H and O–H groups in total. The number of alkyl halides is 3. The Morgan fingerprint density at radius 1 is 0.757 bits per heavy atom. The van der Waals surface area contributed by atoms with Crippen molar-refractivity contribution in [3.63, 3.8) is 0 Å². The fraction of sp³-hybridized carbons (Fsp3) is 0.656. The fourth-order valence-corrected chi connectivity index (χ4v) is 5.06. The number of carboxylic acids is 1. The molecule has 0 aliphatic heterocycles. The van der Waals surface area contributed by atoms with Crippen LogP contribution in [0.15, 0.2) is 42.5 Å². The number of benzene rings is 2. The molecule has 0 heterocycles. The minimum absolute atomic E-state index is 0.287. The largest absolute Gasteiger partial charge is 0.481 e. The standard InChI is InChI=1S/C20H28.C12H21F3O2/c1-19(2,3)14-18(20(4,5)6)17-12-11-15-9-7-8-10-16(15)13-17;1-9(2,3)7-11(8(16)17,10(4,5)6)12(13,14)15/h7-13,18H,14H2,1-6H3;7H2,1-6H3,(H,16,17). The van der Waals surface area contributed by atoms with E-state index in [1.165, 1.54) is 43.5 Å². The minimum Gasteiger partial charge on any atom is -0.481 e. The van der Waals surface area contributed by atoms with E-state index in [1.807, 2.05) is 0 Å². The summed E-state index contributed by atoms with van der Waals surface area (Å²) >= 11 is 0. The van der Waals surface area contributed by atoms with Crippen molar-refractivity contribution in [3.05, 3.63) is 48.0 Å². The molecule has 2 aromatic rings. The molecule has 2 unspecified atom stereocenters. The van der Waals surface area contributed by atoms with Gasteiger partial charge in [0.25, 0.3) is 0 Å². The van der Waals surface area contributed by atoms with Crippen LogP contribution in [0.5, 0.6) is 0 Å².